The summed E-state index contributed by atoms with van der Waals surface area (Å²) in [7, 11) is 0. The van der Waals surface area contributed by atoms with E-state index >= 15 is 0 Å². The Balaban J connectivity index is 4.38. The van der Waals surface area contributed by atoms with Gasteiger partial charge in [0.2, 0.25) is 0 Å². The van der Waals surface area contributed by atoms with Crippen LogP contribution in [0.2, 0.25) is 0 Å². The van der Waals surface area contributed by atoms with E-state index in [4.69, 9.17) is 14.2 Å². The molecule has 0 spiro atoms. The maximum Gasteiger partial charge on any atom is 0.306 e. The minimum atomic E-state index is -0.790. The lowest BCUT2D eigenvalue weighted by molar-refractivity contribution is -0.167. The minimum Gasteiger partial charge on any atom is -0.462 e. The lowest BCUT2D eigenvalue weighted by Gasteiger charge is -2.18. The van der Waals surface area contributed by atoms with Crippen molar-refractivity contribution in [3.63, 3.8) is 0 Å². The average Bonchev–Trinajstić information content (AvgIpc) is 3.33. The summed E-state index contributed by atoms with van der Waals surface area (Å²) in [4.78, 5) is 38.1. The second kappa shape index (κ2) is 55.4. The molecular weight excluding hydrogens is 829 g/mol. The van der Waals surface area contributed by atoms with Crippen LogP contribution < -0.4 is 0 Å². The van der Waals surface area contributed by atoms with Crippen molar-refractivity contribution in [1.29, 1.82) is 0 Å². The van der Waals surface area contributed by atoms with E-state index < -0.39 is 6.10 Å². The molecule has 0 rings (SSSR count). The van der Waals surface area contributed by atoms with Gasteiger partial charge in [-0.15, -0.1) is 0 Å². The number of unbranched alkanes of at least 4 members (excludes halogenated alkanes) is 28. The van der Waals surface area contributed by atoms with Crippen molar-refractivity contribution >= 4 is 17.9 Å². The van der Waals surface area contributed by atoms with Crippen LogP contribution in [0.5, 0.6) is 0 Å². The van der Waals surface area contributed by atoms with Crippen LogP contribution in [-0.4, -0.2) is 37.2 Å². The molecule has 0 saturated carbocycles. The van der Waals surface area contributed by atoms with Crippen LogP contribution >= 0.6 is 0 Å². The van der Waals surface area contributed by atoms with Gasteiger partial charge in [0.15, 0.2) is 6.10 Å². The van der Waals surface area contributed by atoms with Gasteiger partial charge in [-0.1, -0.05) is 248 Å². The maximum atomic E-state index is 12.8. The van der Waals surface area contributed by atoms with Gasteiger partial charge in [0.1, 0.15) is 13.2 Å². The molecule has 0 heterocycles. The van der Waals surface area contributed by atoms with Crippen molar-refractivity contribution in [2.24, 2.45) is 0 Å². The van der Waals surface area contributed by atoms with Crippen LogP contribution in [0.3, 0.4) is 0 Å². The quantitative estimate of drug-likeness (QED) is 0.0262. The van der Waals surface area contributed by atoms with Gasteiger partial charge in [-0.05, 0) is 83.5 Å². The zero-order valence-corrected chi connectivity index (χ0v) is 44.2. The number of hydrogen-bond donors (Lipinski definition) is 0. The molecule has 0 aliphatic heterocycles. The Morgan fingerprint density at radius 1 is 0.313 bits per heavy atom. The first-order valence-corrected chi connectivity index (χ1v) is 28.4. The van der Waals surface area contributed by atoms with Gasteiger partial charge in [0.05, 0.1) is 0 Å². The topological polar surface area (TPSA) is 78.9 Å². The third kappa shape index (κ3) is 53.7. The molecule has 0 saturated heterocycles. The van der Waals surface area contributed by atoms with Crippen LogP contribution in [0, 0.1) is 0 Å². The molecule has 0 N–H and O–H groups in total. The number of carbonyl (C=O) groups is 3. The molecule has 0 radical (unpaired) electrons. The van der Waals surface area contributed by atoms with Gasteiger partial charge in [-0.2, -0.15) is 0 Å². The standard InChI is InChI=1S/C61H106O6/c1-4-7-10-13-16-19-22-25-28-29-30-31-34-36-39-42-45-48-51-54-60(63)66-57-58(67-61(64)55-52-49-46-43-40-37-33-27-24-21-18-15-12-9-6-3)56-65-59(62)53-50-47-44-41-38-35-32-26-23-20-17-14-11-8-5-2/h8-9,11-12,17-18,20-21,26-27,32-33,58H,4-7,10,13-16,19,22-25,28-31,34-57H2,1-3H3/b11-8+,12-9+,20-17+,21-18+,32-26+,33-27+/t58-/m1/s1. The van der Waals surface area contributed by atoms with Crippen LogP contribution in [0.1, 0.15) is 278 Å². The van der Waals surface area contributed by atoms with Crippen molar-refractivity contribution in [3.05, 3.63) is 72.9 Å². The molecule has 6 nitrogen and oxygen atoms in total. The molecule has 1 atom stereocenters. The molecule has 0 fully saturated rings. The van der Waals surface area contributed by atoms with Crippen molar-refractivity contribution in [2.75, 3.05) is 13.2 Å². The highest BCUT2D eigenvalue weighted by Gasteiger charge is 2.19. The van der Waals surface area contributed by atoms with Gasteiger partial charge >= 0.3 is 17.9 Å². The fourth-order valence-corrected chi connectivity index (χ4v) is 8.00. The number of carbonyl (C=O) groups excluding carboxylic acids is 3. The third-order valence-corrected chi connectivity index (χ3v) is 12.2. The van der Waals surface area contributed by atoms with Gasteiger partial charge in [-0.25, -0.2) is 0 Å². The van der Waals surface area contributed by atoms with Gasteiger partial charge in [0.25, 0.3) is 0 Å². The molecule has 0 aromatic heterocycles. The van der Waals surface area contributed by atoms with Crippen LogP contribution in [0.15, 0.2) is 72.9 Å². The lowest BCUT2D eigenvalue weighted by Crippen LogP contribution is -2.30. The smallest absolute Gasteiger partial charge is 0.306 e. The predicted octanol–water partition coefficient (Wildman–Crippen LogP) is 19.0. The first-order valence-electron chi connectivity index (χ1n) is 28.4. The Bertz CT molecular complexity index is 1260. The van der Waals surface area contributed by atoms with Gasteiger partial charge < -0.3 is 14.2 Å². The Hall–Kier alpha value is -3.15. The zero-order valence-electron chi connectivity index (χ0n) is 44.2. The van der Waals surface area contributed by atoms with E-state index in [1.54, 1.807) is 0 Å². The normalized spacial score (nSPS) is 12.6. The summed E-state index contributed by atoms with van der Waals surface area (Å²) >= 11 is 0. The van der Waals surface area contributed by atoms with E-state index in [1.165, 1.54) is 103 Å². The summed E-state index contributed by atoms with van der Waals surface area (Å²) < 4.78 is 16.8. The average molecular weight is 936 g/mol. The summed E-state index contributed by atoms with van der Waals surface area (Å²) in [6.45, 7) is 6.41. The first-order chi connectivity index (χ1) is 33.0. The van der Waals surface area contributed by atoms with Crippen LogP contribution in [0.4, 0.5) is 0 Å². The summed E-state index contributed by atoms with van der Waals surface area (Å²) in [6, 6.07) is 0. The third-order valence-electron chi connectivity index (χ3n) is 12.2. The molecule has 0 amide bonds. The van der Waals surface area contributed by atoms with E-state index in [-0.39, 0.29) is 31.1 Å². The molecule has 0 unspecified atom stereocenters. The SMILES string of the molecule is CC/C=C/C/C=C/C/C=C/CCCCCCCC(=O)OC[C@H](COC(=O)CCCCCCCCCCCCCCCCCCCCC)OC(=O)CCCCCCC/C=C/C/C=C/C/C=C/CC. The molecule has 386 valence electrons. The molecule has 0 bridgehead atoms. The highest BCUT2D eigenvalue weighted by Crippen LogP contribution is 2.16. The minimum absolute atomic E-state index is 0.0861. The summed E-state index contributed by atoms with van der Waals surface area (Å²) in [5.74, 6) is -0.912. The maximum absolute atomic E-state index is 12.8. The molecule has 0 aromatic rings. The molecule has 0 aliphatic carbocycles. The number of esters is 3. The van der Waals surface area contributed by atoms with Crippen molar-refractivity contribution < 1.29 is 28.6 Å². The Kier molecular flexibility index (Phi) is 52.8. The van der Waals surface area contributed by atoms with Gasteiger partial charge in [-0.3, -0.25) is 14.4 Å². The highest BCUT2D eigenvalue weighted by atomic mass is 16.6. The fourth-order valence-electron chi connectivity index (χ4n) is 8.00. The number of hydrogen-bond acceptors (Lipinski definition) is 6. The second-order valence-electron chi connectivity index (χ2n) is 18.8. The molecule has 0 aromatic carbocycles. The van der Waals surface area contributed by atoms with Crippen molar-refractivity contribution in [3.8, 4) is 0 Å². The van der Waals surface area contributed by atoms with Gasteiger partial charge in [0, 0.05) is 19.3 Å². The summed E-state index contributed by atoms with van der Waals surface area (Å²) in [6.07, 6.45) is 70.4. The van der Waals surface area contributed by atoms with Crippen molar-refractivity contribution in [1.82, 2.24) is 0 Å². The van der Waals surface area contributed by atoms with E-state index in [1.807, 2.05) is 0 Å². The molecule has 0 aliphatic rings. The number of ether oxygens (including phenoxy) is 3. The number of allylic oxidation sites excluding steroid dienone is 12. The monoisotopic (exact) mass is 935 g/mol. The summed E-state index contributed by atoms with van der Waals surface area (Å²) in [5.41, 5.74) is 0. The molecular formula is C61H106O6. The van der Waals surface area contributed by atoms with E-state index in [2.05, 4.69) is 93.7 Å². The largest absolute Gasteiger partial charge is 0.462 e. The fraction of sp³-hybridized carbons (Fsp3) is 0.754. The molecule has 6 heteroatoms. The second-order valence-corrected chi connectivity index (χ2v) is 18.8. The predicted molar refractivity (Wildman–Crippen MR) is 288 cm³/mol. The van der Waals surface area contributed by atoms with E-state index in [0.29, 0.717) is 19.3 Å². The van der Waals surface area contributed by atoms with Crippen LogP contribution in [0.25, 0.3) is 0 Å². The Morgan fingerprint density at radius 2 is 0.582 bits per heavy atom. The zero-order chi connectivity index (χ0) is 48.6. The Morgan fingerprint density at radius 3 is 0.910 bits per heavy atom. The summed E-state index contributed by atoms with van der Waals surface area (Å²) in [5, 5.41) is 0. The highest BCUT2D eigenvalue weighted by molar-refractivity contribution is 5.71. The first kappa shape index (κ1) is 63.8. The van der Waals surface area contributed by atoms with Crippen molar-refractivity contribution in [2.45, 2.75) is 284 Å². The lowest BCUT2D eigenvalue weighted by atomic mass is 10.0. The number of rotatable bonds is 51. The van der Waals surface area contributed by atoms with E-state index in [0.717, 1.165) is 135 Å². The van der Waals surface area contributed by atoms with Crippen LogP contribution in [-0.2, 0) is 28.6 Å². The van der Waals surface area contributed by atoms with E-state index in [9.17, 15) is 14.4 Å². The molecule has 67 heavy (non-hydrogen) atoms. The Labute approximate surface area is 414 Å².